The van der Waals surface area contributed by atoms with Gasteiger partial charge in [-0.2, -0.15) is 0 Å². The van der Waals surface area contributed by atoms with E-state index in [1.54, 1.807) is 11.3 Å². The van der Waals surface area contributed by atoms with Crippen molar-refractivity contribution in [3.63, 3.8) is 0 Å². The Hall–Kier alpha value is -2.24. The summed E-state index contributed by atoms with van der Waals surface area (Å²) in [4.78, 5) is 13.6. The lowest BCUT2D eigenvalue weighted by atomic mass is 10.1. The molecule has 3 aromatic rings. The van der Waals surface area contributed by atoms with Crippen LogP contribution in [-0.4, -0.2) is 5.91 Å². The third kappa shape index (κ3) is 2.50. The Bertz CT molecular complexity index is 927. The van der Waals surface area contributed by atoms with Gasteiger partial charge in [0.1, 0.15) is 16.5 Å². The lowest BCUT2D eigenvalue weighted by molar-refractivity contribution is 0.0931. The molecule has 0 saturated carbocycles. The quantitative estimate of drug-likeness (QED) is 0.667. The van der Waals surface area contributed by atoms with Gasteiger partial charge in [-0.15, -0.1) is 11.3 Å². The highest BCUT2D eigenvalue weighted by Crippen LogP contribution is 2.38. The number of aryl methyl sites for hydroxylation is 1. The zero-order valence-electron chi connectivity index (χ0n) is 13.1. The molecule has 0 spiro atoms. The molecule has 4 nitrogen and oxygen atoms in total. The number of halogens is 1. The number of nitrogens with one attached hydrogen (secondary N) is 2. The highest BCUT2D eigenvalue weighted by Gasteiger charge is 2.30. The number of rotatable bonds is 2. The Kier molecular flexibility index (Phi) is 3.62. The van der Waals surface area contributed by atoms with Gasteiger partial charge in [0.25, 0.3) is 5.91 Å². The molecule has 3 heterocycles. The lowest BCUT2D eigenvalue weighted by Crippen LogP contribution is -2.37. The summed E-state index contributed by atoms with van der Waals surface area (Å²) < 4.78 is 5.93. The Morgan fingerprint density at radius 1 is 1.08 bits per heavy atom. The molecule has 0 radical (unpaired) electrons. The molecule has 2 N–H and O–H groups in total. The van der Waals surface area contributed by atoms with Crippen LogP contribution in [0.4, 0.5) is 5.00 Å². The first-order valence-corrected chi connectivity index (χ1v) is 8.75. The molecule has 1 amide bonds. The number of carbonyl (C=O) groups excluding carboxylic acids is 1. The summed E-state index contributed by atoms with van der Waals surface area (Å²) in [7, 11) is 0. The number of hydrogen-bond donors (Lipinski definition) is 2. The third-order valence-corrected chi connectivity index (χ3v) is 5.59. The zero-order chi connectivity index (χ0) is 16.8. The van der Waals surface area contributed by atoms with Crippen LogP contribution >= 0.6 is 22.9 Å². The predicted molar refractivity (Wildman–Crippen MR) is 96.8 cm³/mol. The molecular weight excluding hydrogens is 344 g/mol. The van der Waals surface area contributed by atoms with Crippen LogP contribution in [0.5, 0.6) is 0 Å². The second-order valence-corrected chi connectivity index (χ2v) is 7.41. The van der Waals surface area contributed by atoms with Crippen LogP contribution in [0.1, 0.15) is 32.7 Å². The van der Waals surface area contributed by atoms with Gasteiger partial charge in [-0.05, 0) is 55.8 Å². The highest BCUT2D eigenvalue weighted by molar-refractivity contribution is 7.16. The summed E-state index contributed by atoms with van der Waals surface area (Å²) in [5, 5.41) is 7.88. The number of anilines is 1. The number of fused-ring (bicyclic) bond motifs is 1. The molecule has 2 aromatic heterocycles. The minimum absolute atomic E-state index is 0.0694. The number of thiophene rings is 1. The van der Waals surface area contributed by atoms with Crippen LogP contribution in [0.2, 0.25) is 5.02 Å². The lowest BCUT2D eigenvalue weighted by Gasteiger charge is -2.24. The van der Waals surface area contributed by atoms with Crippen molar-refractivity contribution in [1.29, 1.82) is 0 Å². The molecule has 6 heteroatoms. The van der Waals surface area contributed by atoms with Crippen LogP contribution < -0.4 is 10.6 Å². The molecule has 4 rings (SSSR count). The average molecular weight is 359 g/mol. The second-order valence-electron chi connectivity index (χ2n) is 5.75. The number of amides is 1. The van der Waals surface area contributed by atoms with Gasteiger partial charge in [-0.3, -0.25) is 4.79 Å². The Morgan fingerprint density at radius 2 is 1.83 bits per heavy atom. The van der Waals surface area contributed by atoms with E-state index in [0.717, 1.165) is 32.3 Å². The van der Waals surface area contributed by atoms with Crippen LogP contribution in [0, 0.1) is 13.8 Å². The van der Waals surface area contributed by atoms with E-state index < -0.39 is 0 Å². The maximum absolute atomic E-state index is 12.4. The van der Waals surface area contributed by atoms with Crippen molar-refractivity contribution >= 4 is 33.8 Å². The first-order chi connectivity index (χ1) is 11.5. The Labute approximate surface area is 148 Å². The van der Waals surface area contributed by atoms with E-state index in [4.69, 9.17) is 16.0 Å². The first-order valence-electron chi connectivity index (χ1n) is 7.56. The normalized spacial score (nSPS) is 16.5. The van der Waals surface area contributed by atoms with E-state index in [-0.39, 0.29) is 12.1 Å². The van der Waals surface area contributed by atoms with Gasteiger partial charge in [0.15, 0.2) is 6.17 Å². The standard InChI is InChI=1S/C18H15ClN2O2S/c1-9-10(2)24-18-15(9)17(22)20-16(21-18)14-8-7-13(23-14)11-3-5-12(19)6-4-11/h3-8,16,21H,1-2H3,(H,20,22). The van der Waals surface area contributed by atoms with E-state index in [2.05, 4.69) is 10.6 Å². The largest absolute Gasteiger partial charge is 0.457 e. The number of benzene rings is 1. The molecule has 1 atom stereocenters. The molecule has 0 saturated heterocycles. The van der Waals surface area contributed by atoms with Crippen LogP contribution in [0.3, 0.4) is 0 Å². The molecule has 1 aromatic carbocycles. The average Bonchev–Trinajstić information content (AvgIpc) is 3.14. The Balaban J connectivity index is 1.64. The summed E-state index contributed by atoms with van der Waals surface area (Å²) in [5.74, 6) is 1.34. The SMILES string of the molecule is Cc1sc2c(c1C)C(=O)NC(c1ccc(-c3ccc(Cl)cc3)o1)N2. The fraction of sp³-hybridized carbons (Fsp3) is 0.167. The summed E-state index contributed by atoms with van der Waals surface area (Å²) in [5.41, 5.74) is 2.70. The monoisotopic (exact) mass is 358 g/mol. The van der Waals surface area contributed by atoms with Crippen molar-refractivity contribution in [3.8, 4) is 11.3 Å². The summed E-state index contributed by atoms with van der Waals surface area (Å²) in [6.07, 6.45) is -0.372. The van der Waals surface area contributed by atoms with E-state index in [9.17, 15) is 4.79 Å². The summed E-state index contributed by atoms with van der Waals surface area (Å²) >= 11 is 7.51. The van der Waals surface area contributed by atoms with E-state index >= 15 is 0 Å². The van der Waals surface area contributed by atoms with E-state index in [0.29, 0.717) is 10.8 Å². The van der Waals surface area contributed by atoms with Crippen molar-refractivity contribution in [1.82, 2.24) is 5.32 Å². The number of hydrogen-bond acceptors (Lipinski definition) is 4. The predicted octanol–water partition coefficient (Wildman–Crippen LogP) is 5.13. The maximum atomic E-state index is 12.4. The van der Waals surface area contributed by atoms with Crippen molar-refractivity contribution in [2.75, 3.05) is 5.32 Å². The molecule has 0 bridgehead atoms. The van der Waals surface area contributed by atoms with Crippen molar-refractivity contribution in [3.05, 3.63) is 63.2 Å². The van der Waals surface area contributed by atoms with Crippen LogP contribution in [0.25, 0.3) is 11.3 Å². The molecule has 1 aliphatic heterocycles. The van der Waals surface area contributed by atoms with Crippen molar-refractivity contribution in [2.45, 2.75) is 20.0 Å². The zero-order valence-corrected chi connectivity index (χ0v) is 14.7. The van der Waals surface area contributed by atoms with Crippen molar-refractivity contribution in [2.24, 2.45) is 0 Å². The Morgan fingerprint density at radius 3 is 2.58 bits per heavy atom. The van der Waals surface area contributed by atoms with Gasteiger partial charge in [0.2, 0.25) is 0 Å². The van der Waals surface area contributed by atoms with E-state index in [1.165, 1.54) is 0 Å². The minimum atomic E-state index is -0.372. The van der Waals surface area contributed by atoms with Crippen LogP contribution in [-0.2, 0) is 0 Å². The number of furan rings is 1. The molecular formula is C18H15ClN2O2S. The molecule has 0 fully saturated rings. The number of carbonyl (C=O) groups is 1. The van der Waals surface area contributed by atoms with Gasteiger partial charge in [-0.1, -0.05) is 11.6 Å². The van der Waals surface area contributed by atoms with Gasteiger partial charge in [0.05, 0.1) is 5.56 Å². The fourth-order valence-corrected chi connectivity index (χ4v) is 4.00. The molecule has 1 unspecified atom stereocenters. The van der Waals surface area contributed by atoms with Crippen molar-refractivity contribution < 1.29 is 9.21 Å². The molecule has 1 aliphatic rings. The maximum Gasteiger partial charge on any atom is 0.256 e. The van der Waals surface area contributed by atoms with E-state index in [1.807, 2.05) is 50.2 Å². The smallest absolute Gasteiger partial charge is 0.256 e. The van der Waals surface area contributed by atoms with Gasteiger partial charge >= 0.3 is 0 Å². The van der Waals surface area contributed by atoms with Gasteiger partial charge in [0, 0.05) is 15.5 Å². The molecule has 0 aliphatic carbocycles. The van der Waals surface area contributed by atoms with Crippen LogP contribution in [0.15, 0.2) is 40.8 Å². The third-order valence-electron chi connectivity index (χ3n) is 4.20. The topological polar surface area (TPSA) is 54.3 Å². The van der Waals surface area contributed by atoms with Gasteiger partial charge in [-0.25, -0.2) is 0 Å². The minimum Gasteiger partial charge on any atom is -0.457 e. The fourth-order valence-electron chi connectivity index (χ4n) is 2.79. The molecule has 24 heavy (non-hydrogen) atoms. The second kappa shape index (κ2) is 5.69. The first kappa shape index (κ1) is 15.3. The van der Waals surface area contributed by atoms with Gasteiger partial charge < -0.3 is 15.1 Å². The highest BCUT2D eigenvalue weighted by atomic mass is 35.5. The summed E-state index contributed by atoms with van der Waals surface area (Å²) in [6, 6.07) is 11.2. The summed E-state index contributed by atoms with van der Waals surface area (Å²) in [6.45, 7) is 3.99. The molecule has 122 valence electrons.